The predicted molar refractivity (Wildman–Crippen MR) is 75.3 cm³/mol. The standard InChI is InChI=1S/C13H15N3O6/c1-8(13(19)20)15-11(17)6-7-14-12(18)9-2-4-10(5-3-9)16(21)22/h2-5,8H,6-7H2,1H3,(H,14,18)(H,15,17)(H,19,20)/t8-/m0/s1. The van der Waals surface area contributed by atoms with E-state index < -0.39 is 28.7 Å². The maximum absolute atomic E-state index is 11.7. The van der Waals surface area contributed by atoms with Gasteiger partial charge in [0, 0.05) is 30.7 Å². The number of carboxylic acids is 1. The molecule has 0 radical (unpaired) electrons. The molecule has 0 aliphatic rings. The smallest absolute Gasteiger partial charge is 0.325 e. The predicted octanol–water partition coefficient (Wildman–Crippen LogP) is 0.304. The fourth-order valence-corrected chi connectivity index (χ4v) is 1.50. The van der Waals surface area contributed by atoms with Gasteiger partial charge in [-0.2, -0.15) is 0 Å². The number of hydrogen-bond acceptors (Lipinski definition) is 5. The topological polar surface area (TPSA) is 139 Å². The molecule has 0 aromatic heterocycles. The van der Waals surface area contributed by atoms with Crippen LogP contribution in [0.2, 0.25) is 0 Å². The molecule has 0 fully saturated rings. The average Bonchev–Trinajstić information content (AvgIpc) is 2.46. The van der Waals surface area contributed by atoms with Gasteiger partial charge in [0.25, 0.3) is 11.6 Å². The molecule has 118 valence electrons. The molecule has 9 nitrogen and oxygen atoms in total. The molecule has 0 saturated carbocycles. The molecule has 0 aliphatic carbocycles. The van der Waals surface area contributed by atoms with E-state index in [4.69, 9.17) is 5.11 Å². The highest BCUT2D eigenvalue weighted by molar-refractivity contribution is 5.94. The summed E-state index contributed by atoms with van der Waals surface area (Å²) in [6.45, 7) is 1.35. The molecule has 0 aliphatic heterocycles. The number of nitrogens with zero attached hydrogens (tertiary/aromatic N) is 1. The molecule has 2 amide bonds. The van der Waals surface area contributed by atoms with Crippen molar-refractivity contribution in [3.63, 3.8) is 0 Å². The Labute approximate surface area is 125 Å². The van der Waals surface area contributed by atoms with Crippen LogP contribution in [0.1, 0.15) is 23.7 Å². The second kappa shape index (κ2) is 7.72. The van der Waals surface area contributed by atoms with Crippen molar-refractivity contribution in [2.24, 2.45) is 0 Å². The molecule has 3 N–H and O–H groups in total. The number of benzene rings is 1. The Bertz CT molecular complexity index is 584. The van der Waals surface area contributed by atoms with Crippen molar-refractivity contribution in [1.29, 1.82) is 0 Å². The summed E-state index contributed by atoms with van der Waals surface area (Å²) in [5.74, 6) is -2.13. The largest absolute Gasteiger partial charge is 0.480 e. The molecule has 1 rings (SSSR count). The van der Waals surface area contributed by atoms with Crippen molar-refractivity contribution < 1.29 is 24.4 Å². The first-order valence-electron chi connectivity index (χ1n) is 6.36. The summed E-state index contributed by atoms with van der Waals surface area (Å²) in [6.07, 6.45) is -0.0731. The van der Waals surface area contributed by atoms with Gasteiger partial charge in [-0.05, 0) is 19.1 Å². The molecule has 22 heavy (non-hydrogen) atoms. The summed E-state index contributed by atoms with van der Waals surface area (Å²) >= 11 is 0. The van der Waals surface area contributed by atoms with Crippen molar-refractivity contribution in [3.05, 3.63) is 39.9 Å². The molecule has 1 aromatic carbocycles. The van der Waals surface area contributed by atoms with Gasteiger partial charge >= 0.3 is 5.97 Å². The van der Waals surface area contributed by atoms with Gasteiger partial charge in [0.1, 0.15) is 6.04 Å². The van der Waals surface area contributed by atoms with E-state index in [1.54, 1.807) is 0 Å². The minimum absolute atomic E-state index is 0.0218. The molecular formula is C13H15N3O6. The zero-order chi connectivity index (χ0) is 16.7. The van der Waals surface area contributed by atoms with Crippen LogP contribution in [0.15, 0.2) is 24.3 Å². The molecular weight excluding hydrogens is 294 g/mol. The molecule has 1 aromatic rings. The van der Waals surface area contributed by atoms with Crippen molar-refractivity contribution in [3.8, 4) is 0 Å². The van der Waals surface area contributed by atoms with Crippen LogP contribution in [0.25, 0.3) is 0 Å². The summed E-state index contributed by atoms with van der Waals surface area (Å²) in [7, 11) is 0. The number of nitrogens with one attached hydrogen (secondary N) is 2. The van der Waals surface area contributed by atoms with Crippen LogP contribution in [0.4, 0.5) is 5.69 Å². The van der Waals surface area contributed by atoms with E-state index in [0.717, 1.165) is 0 Å². The van der Waals surface area contributed by atoms with Crippen molar-refractivity contribution >= 4 is 23.5 Å². The van der Waals surface area contributed by atoms with Gasteiger partial charge in [-0.1, -0.05) is 0 Å². The molecule has 0 spiro atoms. The highest BCUT2D eigenvalue weighted by Gasteiger charge is 2.14. The molecule has 0 unspecified atom stereocenters. The van der Waals surface area contributed by atoms with Crippen LogP contribution < -0.4 is 10.6 Å². The Hall–Kier alpha value is -2.97. The molecule has 0 heterocycles. The number of nitro groups is 1. The second-order valence-electron chi connectivity index (χ2n) is 4.44. The van der Waals surface area contributed by atoms with Crippen molar-refractivity contribution in [1.82, 2.24) is 10.6 Å². The van der Waals surface area contributed by atoms with Crippen LogP contribution in [0, 0.1) is 10.1 Å². The Kier molecular flexibility index (Phi) is 5.99. The quantitative estimate of drug-likeness (QED) is 0.489. The molecule has 9 heteroatoms. The molecule has 0 bridgehead atoms. The summed E-state index contributed by atoms with van der Waals surface area (Å²) < 4.78 is 0. The number of rotatable bonds is 7. The van der Waals surface area contributed by atoms with Crippen LogP contribution >= 0.6 is 0 Å². The first-order chi connectivity index (χ1) is 10.3. The van der Waals surface area contributed by atoms with Crippen LogP contribution in [0.3, 0.4) is 0 Å². The van der Waals surface area contributed by atoms with Crippen molar-refractivity contribution in [2.45, 2.75) is 19.4 Å². The van der Waals surface area contributed by atoms with Crippen LogP contribution in [0.5, 0.6) is 0 Å². The van der Waals surface area contributed by atoms with E-state index >= 15 is 0 Å². The number of hydrogen-bond donors (Lipinski definition) is 3. The van der Waals surface area contributed by atoms with E-state index in [1.165, 1.54) is 31.2 Å². The van der Waals surface area contributed by atoms with Crippen LogP contribution in [-0.2, 0) is 9.59 Å². The van der Waals surface area contributed by atoms with E-state index in [2.05, 4.69) is 10.6 Å². The normalized spacial score (nSPS) is 11.3. The van der Waals surface area contributed by atoms with E-state index in [1.807, 2.05) is 0 Å². The SMILES string of the molecule is C[C@H](NC(=O)CCNC(=O)c1ccc([N+](=O)[O-])cc1)C(=O)O. The summed E-state index contributed by atoms with van der Waals surface area (Å²) in [4.78, 5) is 43.6. The Morgan fingerprint density at radius 1 is 1.27 bits per heavy atom. The maximum Gasteiger partial charge on any atom is 0.325 e. The van der Waals surface area contributed by atoms with Crippen LogP contribution in [-0.4, -0.2) is 40.4 Å². The lowest BCUT2D eigenvalue weighted by Crippen LogP contribution is -2.39. The number of carbonyl (C=O) groups excluding carboxylic acids is 2. The van der Waals surface area contributed by atoms with E-state index in [9.17, 15) is 24.5 Å². The van der Waals surface area contributed by atoms with Gasteiger partial charge in [0.05, 0.1) is 4.92 Å². The Morgan fingerprint density at radius 2 is 1.86 bits per heavy atom. The monoisotopic (exact) mass is 309 g/mol. The second-order valence-corrected chi connectivity index (χ2v) is 4.44. The fraction of sp³-hybridized carbons (Fsp3) is 0.308. The molecule has 1 atom stereocenters. The first-order valence-corrected chi connectivity index (χ1v) is 6.36. The van der Waals surface area contributed by atoms with Gasteiger partial charge in [-0.15, -0.1) is 0 Å². The summed E-state index contributed by atoms with van der Waals surface area (Å²) in [5, 5.41) is 23.8. The zero-order valence-corrected chi connectivity index (χ0v) is 11.7. The number of amides is 2. The fourth-order valence-electron chi connectivity index (χ4n) is 1.50. The minimum atomic E-state index is -1.15. The third kappa shape index (κ3) is 5.19. The lowest BCUT2D eigenvalue weighted by atomic mass is 10.2. The average molecular weight is 309 g/mol. The van der Waals surface area contributed by atoms with E-state index in [-0.39, 0.29) is 24.2 Å². The highest BCUT2D eigenvalue weighted by atomic mass is 16.6. The highest BCUT2D eigenvalue weighted by Crippen LogP contribution is 2.11. The number of nitro benzene ring substituents is 1. The minimum Gasteiger partial charge on any atom is -0.480 e. The van der Waals surface area contributed by atoms with E-state index in [0.29, 0.717) is 0 Å². The van der Waals surface area contributed by atoms with Gasteiger partial charge < -0.3 is 15.7 Å². The summed E-state index contributed by atoms with van der Waals surface area (Å²) in [5.41, 5.74) is 0.100. The number of carbonyl (C=O) groups is 3. The number of non-ortho nitro benzene ring substituents is 1. The van der Waals surface area contributed by atoms with Gasteiger partial charge in [-0.25, -0.2) is 0 Å². The Balaban J connectivity index is 2.41. The lowest BCUT2D eigenvalue weighted by Gasteiger charge is -2.09. The lowest BCUT2D eigenvalue weighted by molar-refractivity contribution is -0.384. The summed E-state index contributed by atoms with van der Waals surface area (Å²) in [6, 6.07) is 4.02. The Morgan fingerprint density at radius 3 is 2.36 bits per heavy atom. The number of aliphatic carboxylic acids is 1. The third-order valence-corrected chi connectivity index (χ3v) is 2.73. The molecule has 0 saturated heterocycles. The maximum atomic E-state index is 11.7. The van der Waals surface area contributed by atoms with Gasteiger partial charge in [0.15, 0.2) is 0 Å². The zero-order valence-electron chi connectivity index (χ0n) is 11.7. The number of carboxylic acid groups (broad SMARTS) is 1. The third-order valence-electron chi connectivity index (χ3n) is 2.73. The van der Waals surface area contributed by atoms with Crippen molar-refractivity contribution in [2.75, 3.05) is 6.54 Å². The van der Waals surface area contributed by atoms with Gasteiger partial charge in [-0.3, -0.25) is 24.5 Å². The first kappa shape index (κ1) is 17.1. The van der Waals surface area contributed by atoms with Gasteiger partial charge in [0.2, 0.25) is 5.91 Å².